The molecule has 0 saturated carbocycles. The van der Waals surface area contributed by atoms with Crippen molar-refractivity contribution in [3.05, 3.63) is 0 Å². The molecule has 0 amide bonds. The van der Waals surface area contributed by atoms with Crippen LogP contribution in [0.5, 0.6) is 0 Å². The normalized spacial score (nSPS) is 10.9. The van der Waals surface area contributed by atoms with Crippen molar-refractivity contribution in [2.24, 2.45) is 0 Å². The first kappa shape index (κ1) is 13.1. The van der Waals surface area contributed by atoms with E-state index in [1.54, 1.807) is 6.55 Å². The van der Waals surface area contributed by atoms with Gasteiger partial charge in [-0.1, -0.05) is 0 Å². The van der Waals surface area contributed by atoms with Crippen LogP contribution < -0.4 is 0 Å². The Morgan fingerprint density at radius 3 is 1.93 bits per heavy atom. The van der Waals surface area contributed by atoms with Crippen LogP contribution in [0.25, 0.3) is 0 Å². The first-order chi connectivity index (χ1) is 6.39. The zero-order valence-electron chi connectivity index (χ0n) is 8.70. The van der Waals surface area contributed by atoms with Crippen LogP contribution in [0.3, 0.4) is 0 Å². The van der Waals surface area contributed by atoms with Crippen molar-refractivity contribution in [2.75, 3.05) is 6.61 Å². The molecule has 0 bridgehead atoms. The van der Waals surface area contributed by atoms with E-state index >= 15 is 0 Å². The van der Waals surface area contributed by atoms with Crippen LogP contribution in [-0.4, -0.2) is 32.2 Å². The maximum Gasteiger partial charge on any atom is 0.461 e. The van der Waals surface area contributed by atoms with E-state index in [2.05, 4.69) is 0 Å². The zero-order valence-corrected chi connectivity index (χ0v) is 9.70. The Balaban J connectivity index is 4.31. The van der Waals surface area contributed by atoms with Gasteiger partial charge >= 0.3 is 8.56 Å². The molecule has 1 N–H and O–H groups in total. The third-order valence-corrected chi connectivity index (χ3v) is 4.21. The Kier molecular flexibility index (Phi) is 5.40. The summed E-state index contributed by atoms with van der Waals surface area (Å²) in [4.78, 5) is 21.5. The number of aliphatic hydroxyl groups excluding tert-OH is 1. The van der Waals surface area contributed by atoms with Crippen LogP contribution in [0.4, 0.5) is 0 Å². The van der Waals surface area contributed by atoms with Gasteiger partial charge in [0.1, 0.15) is 0 Å². The Morgan fingerprint density at radius 1 is 1.21 bits per heavy atom. The fourth-order valence-electron chi connectivity index (χ4n) is 1.13. The summed E-state index contributed by atoms with van der Waals surface area (Å²) < 4.78 is 9.99. The highest BCUT2D eigenvalue weighted by molar-refractivity contribution is 6.69. The van der Waals surface area contributed by atoms with Crippen molar-refractivity contribution >= 4 is 20.5 Å². The topological polar surface area (TPSA) is 72.8 Å². The standard InChI is InChI=1S/C8H16O5Si/c1-7(10)12-14(3,6-4-5-9)13-8(2)11/h9H,4-6H2,1-3H3. The van der Waals surface area contributed by atoms with E-state index in [0.717, 1.165) is 0 Å². The van der Waals surface area contributed by atoms with Crippen molar-refractivity contribution in [3.63, 3.8) is 0 Å². The van der Waals surface area contributed by atoms with Gasteiger partial charge in [-0.25, -0.2) is 0 Å². The largest absolute Gasteiger partial charge is 0.485 e. The van der Waals surface area contributed by atoms with Gasteiger partial charge in [-0.05, 0) is 6.42 Å². The molecule has 5 nitrogen and oxygen atoms in total. The molecule has 0 spiro atoms. The lowest BCUT2D eigenvalue weighted by atomic mass is 10.5. The maximum atomic E-state index is 10.8. The molecule has 14 heavy (non-hydrogen) atoms. The molecule has 0 radical (unpaired) electrons. The van der Waals surface area contributed by atoms with Gasteiger partial charge < -0.3 is 14.0 Å². The molecule has 0 aliphatic rings. The molecule has 0 aliphatic carbocycles. The summed E-state index contributed by atoms with van der Waals surface area (Å²) in [5.74, 6) is -0.920. The predicted octanol–water partition coefficient (Wildman–Crippen LogP) is 0.567. The molecule has 6 heteroatoms. The van der Waals surface area contributed by atoms with E-state index in [1.165, 1.54) is 13.8 Å². The molecule has 0 aliphatic heterocycles. The number of carbonyl (C=O) groups is 2. The van der Waals surface area contributed by atoms with Gasteiger partial charge in [0.2, 0.25) is 0 Å². The highest BCUT2D eigenvalue weighted by atomic mass is 28.4. The minimum Gasteiger partial charge on any atom is -0.485 e. The quantitative estimate of drug-likeness (QED) is 0.686. The van der Waals surface area contributed by atoms with Gasteiger partial charge in [0.05, 0.1) is 0 Å². The smallest absolute Gasteiger partial charge is 0.461 e. The van der Waals surface area contributed by atoms with Crippen LogP contribution in [0.2, 0.25) is 12.6 Å². The van der Waals surface area contributed by atoms with Gasteiger partial charge in [0.25, 0.3) is 11.9 Å². The van der Waals surface area contributed by atoms with Crippen molar-refractivity contribution in [2.45, 2.75) is 32.9 Å². The minimum absolute atomic E-state index is 0.00881. The van der Waals surface area contributed by atoms with Gasteiger partial charge in [0.15, 0.2) is 0 Å². The van der Waals surface area contributed by atoms with Gasteiger partial charge in [-0.2, -0.15) is 0 Å². The molecule has 0 atom stereocenters. The average molecular weight is 220 g/mol. The van der Waals surface area contributed by atoms with Gasteiger partial charge in [0, 0.05) is 33.0 Å². The van der Waals surface area contributed by atoms with E-state index in [1.807, 2.05) is 0 Å². The van der Waals surface area contributed by atoms with Crippen LogP contribution in [-0.2, 0) is 18.4 Å². The molecule has 0 aromatic heterocycles. The molecule has 0 aromatic carbocycles. The number of carbonyl (C=O) groups excluding carboxylic acids is 2. The summed E-state index contributed by atoms with van der Waals surface area (Å²) in [5.41, 5.74) is 0. The lowest BCUT2D eigenvalue weighted by Crippen LogP contribution is -2.41. The fraction of sp³-hybridized carbons (Fsp3) is 0.750. The highest BCUT2D eigenvalue weighted by Crippen LogP contribution is 2.16. The molecule has 82 valence electrons. The van der Waals surface area contributed by atoms with E-state index in [0.29, 0.717) is 12.5 Å². The molecular formula is C8H16O5Si. The van der Waals surface area contributed by atoms with Crippen LogP contribution in [0, 0.1) is 0 Å². The first-order valence-electron chi connectivity index (χ1n) is 4.39. The van der Waals surface area contributed by atoms with E-state index in [9.17, 15) is 9.59 Å². The Labute approximate surface area is 84.3 Å². The molecule has 0 rings (SSSR count). The van der Waals surface area contributed by atoms with Crippen LogP contribution in [0.1, 0.15) is 20.3 Å². The second kappa shape index (κ2) is 5.76. The summed E-state index contributed by atoms with van der Waals surface area (Å²) in [6, 6.07) is 0.419. The van der Waals surface area contributed by atoms with Crippen molar-refractivity contribution in [3.8, 4) is 0 Å². The molecule has 0 heterocycles. The Hall–Kier alpha value is -0.883. The molecular weight excluding hydrogens is 204 g/mol. The summed E-state index contributed by atoms with van der Waals surface area (Å²) in [6.45, 7) is 4.16. The lowest BCUT2D eigenvalue weighted by Gasteiger charge is -2.24. The third-order valence-electron chi connectivity index (χ3n) is 1.51. The number of hydrogen-bond donors (Lipinski definition) is 1. The van der Waals surface area contributed by atoms with Crippen molar-refractivity contribution < 1.29 is 23.5 Å². The summed E-state index contributed by atoms with van der Waals surface area (Å²) in [7, 11) is -2.76. The summed E-state index contributed by atoms with van der Waals surface area (Å²) in [5, 5.41) is 8.64. The Morgan fingerprint density at radius 2 is 1.64 bits per heavy atom. The van der Waals surface area contributed by atoms with Crippen molar-refractivity contribution in [1.29, 1.82) is 0 Å². The number of rotatable bonds is 5. The van der Waals surface area contributed by atoms with Crippen molar-refractivity contribution in [1.82, 2.24) is 0 Å². The number of aliphatic hydroxyl groups is 1. The average Bonchev–Trinajstić information content (AvgIpc) is 1.97. The predicted molar refractivity (Wildman–Crippen MR) is 51.7 cm³/mol. The first-order valence-corrected chi connectivity index (χ1v) is 6.92. The lowest BCUT2D eigenvalue weighted by molar-refractivity contribution is -0.138. The Bertz CT molecular complexity index is 200. The van der Waals surface area contributed by atoms with E-state index in [4.69, 9.17) is 14.0 Å². The molecule has 0 fully saturated rings. The maximum absolute atomic E-state index is 10.8. The second-order valence-corrected chi connectivity index (χ2v) is 6.32. The highest BCUT2D eigenvalue weighted by Gasteiger charge is 2.37. The second-order valence-electron chi connectivity index (χ2n) is 3.15. The third kappa shape index (κ3) is 5.71. The van der Waals surface area contributed by atoms with Gasteiger partial charge in [-0.3, -0.25) is 9.59 Å². The van der Waals surface area contributed by atoms with E-state index < -0.39 is 20.5 Å². The summed E-state index contributed by atoms with van der Waals surface area (Å²) >= 11 is 0. The number of hydrogen-bond acceptors (Lipinski definition) is 5. The molecule has 0 aromatic rings. The molecule has 0 unspecified atom stereocenters. The molecule has 0 saturated heterocycles. The fourth-order valence-corrected chi connectivity index (χ4v) is 3.39. The SMILES string of the molecule is CC(=O)O[Si](C)(CCCO)OC(C)=O. The minimum atomic E-state index is -2.76. The van der Waals surface area contributed by atoms with Gasteiger partial charge in [-0.15, -0.1) is 0 Å². The van der Waals surface area contributed by atoms with Crippen LogP contribution in [0.15, 0.2) is 0 Å². The summed E-state index contributed by atoms with van der Waals surface area (Å²) in [6.07, 6.45) is 0.462. The van der Waals surface area contributed by atoms with E-state index in [-0.39, 0.29) is 6.61 Å². The zero-order chi connectivity index (χ0) is 11.2. The monoisotopic (exact) mass is 220 g/mol. The van der Waals surface area contributed by atoms with Crippen LogP contribution >= 0.6 is 0 Å².